The zero-order valence-electron chi connectivity index (χ0n) is 10.7. The van der Waals surface area contributed by atoms with Gasteiger partial charge in [-0.2, -0.15) is 0 Å². The van der Waals surface area contributed by atoms with E-state index in [0.29, 0.717) is 18.3 Å². The van der Waals surface area contributed by atoms with Crippen LogP contribution in [0.2, 0.25) is 0 Å². The Morgan fingerprint density at radius 2 is 2.17 bits per heavy atom. The van der Waals surface area contributed by atoms with Crippen LogP contribution < -0.4 is 4.74 Å². The predicted octanol–water partition coefficient (Wildman–Crippen LogP) is 4.29. The summed E-state index contributed by atoms with van der Waals surface area (Å²) in [7, 11) is 0. The molecule has 0 bridgehead atoms. The van der Waals surface area contributed by atoms with Gasteiger partial charge in [-0.3, -0.25) is 0 Å². The van der Waals surface area contributed by atoms with Crippen LogP contribution in [0.1, 0.15) is 36.0 Å². The van der Waals surface area contributed by atoms with Crippen molar-refractivity contribution in [1.82, 2.24) is 4.98 Å². The molecule has 0 fully saturated rings. The summed E-state index contributed by atoms with van der Waals surface area (Å²) in [5.74, 6) is 0.727. The maximum Gasteiger partial charge on any atom is 0.131 e. The average Bonchev–Trinajstić information content (AvgIpc) is 2.79. The number of nitrogens with zero attached hydrogens (tertiary/aromatic N) is 1. The van der Waals surface area contributed by atoms with E-state index in [9.17, 15) is 4.39 Å². The minimum atomic E-state index is -0.281. The molecule has 0 unspecified atom stereocenters. The predicted molar refractivity (Wildman–Crippen MR) is 71.7 cm³/mol. The van der Waals surface area contributed by atoms with Crippen molar-refractivity contribution in [3.05, 3.63) is 45.7 Å². The molecule has 1 aromatic carbocycles. The van der Waals surface area contributed by atoms with Gasteiger partial charge in [0, 0.05) is 17.4 Å². The lowest BCUT2D eigenvalue weighted by Gasteiger charge is -2.07. The molecule has 0 radical (unpaired) electrons. The summed E-state index contributed by atoms with van der Waals surface area (Å²) in [5.41, 5.74) is 1.82. The van der Waals surface area contributed by atoms with Gasteiger partial charge in [0.1, 0.15) is 18.2 Å². The van der Waals surface area contributed by atoms with Gasteiger partial charge in [0.05, 0.1) is 10.7 Å². The van der Waals surface area contributed by atoms with E-state index < -0.39 is 0 Å². The highest BCUT2D eigenvalue weighted by Crippen LogP contribution is 2.22. The fraction of sp³-hybridized carbons (Fsp3) is 0.357. The van der Waals surface area contributed by atoms with Crippen molar-refractivity contribution in [3.63, 3.8) is 0 Å². The average molecular weight is 265 g/mol. The molecular formula is C14H16FNOS. The lowest BCUT2D eigenvalue weighted by atomic mass is 10.2. The van der Waals surface area contributed by atoms with E-state index in [1.165, 1.54) is 12.1 Å². The topological polar surface area (TPSA) is 22.1 Å². The second-order valence-electron chi connectivity index (χ2n) is 4.53. The molecule has 0 aliphatic heterocycles. The number of thiazole rings is 1. The smallest absolute Gasteiger partial charge is 0.131 e. The first kappa shape index (κ1) is 13.0. The second-order valence-corrected chi connectivity index (χ2v) is 5.42. The van der Waals surface area contributed by atoms with E-state index in [1.54, 1.807) is 17.4 Å². The molecule has 0 aliphatic rings. The number of rotatable bonds is 4. The molecule has 1 aromatic heterocycles. The van der Waals surface area contributed by atoms with Gasteiger partial charge in [0.25, 0.3) is 0 Å². The highest BCUT2D eigenvalue weighted by molar-refractivity contribution is 7.09. The molecule has 96 valence electrons. The Balaban J connectivity index is 2.04. The largest absolute Gasteiger partial charge is 0.487 e. The summed E-state index contributed by atoms with van der Waals surface area (Å²) in [6.07, 6.45) is 0. The van der Waals surface area contributed by atoms with Crippen LogP contribution in [0.5, 0.6) is 5.75 Å². The van der Waals surface area contributed by atoms with E-state index in [-0.39, 0.29) is 5.82 Å². The monoisotopic (exact) mass is 265 g/mol. The molecule has 4 heteroatoms. The van der Waals surface area contributed by atoms with Crippen LogP contribution in [0.25, 0.3) is 0 Å². The van der Waals surface area contributed by atoms with Crippen LogP contribution >= 0.6 is 11.3 Å². The van der Waals surface area contributed by atoms with E-state index in [2.05, 4.69) is 18.8 Å². The maximum absolute atomic E-state index is 13.1. The highest BCUT2D eigenvalue weighted by Gasteiger charge is 2.07. The summed E-state index contributed by atoms with van der Waals surface area (Å²) in [6.45, 7) is 6.50. The van der Waals surface area contributed by atoms with Crippen molar-refractivity contribution >= 4 is 11.3 Å². The van der Waals surface area contributed by atoms with Crippen LogP contribution in [-0.2, 0) is 6.61 Å². The van der Waals surface area contributed by atoms with E-state index in [1.807, 2.05) is 12.3 Å². The van der Waals surface area contributed by atoms with Gasteiger partial charge in [-0.1, -0.05) is 19.9 Å². The van der Waals surface area contributed by atoms with E-state index in [0.717, 1.165) is 16.3 Å². The lowest BCUT2D eigenvalue weighted by Crippen LogP contribution is -1.98. The number of ether oxygens (including phenoxy) is 1. The Bertz CT molecular complexity index is 536. The number of aromatic nitrogens is 1. The fourth-order valence-electron chi connectivity index (χ4n) is 1.54. The van der Waals surface area contributed by atoms with E-state index in [4.69, 9.17) is 4.74 Å². The highest BCUT2D eigenvalue weighted by atomic mass is 32.1. The number of benzene rings is 1. The lowest BCUT2D eigenvalue weighted by molar-refractivity contribution is 0.298. The summed E-state index contributed by atoms with van der Waals surface area (Å²) >= 11 is 1.63. The van der Waals surface area contributed by atoms with Crippen molar-refractivity contribution in [2.75, 3.05) is 0 Å². The number of hydrogen-bond donors (Lipinski definition) is 0. The van der Waals surface area contributed by atoms with Crippen LogP contribution in [0.3, 0.4) is 0 Å². The van der Waals surface area contributed by atoms with Gasteiger partial charge in [0.15, 0.2) is 0 Å². The Labute approximate surface area is 110 Å². The molecule has 2 aromatic rings. The van der Waals surface area contributed by atoms with Gasteiger partial charge < -0.3 is 4.74 Å². The summed E-state index contributed by atoms with van der Waals surface area (Å²) < 4.78 is 18.7. The second kappa shape index (κ2) is 5.48. The standard InChI is InChI=1S/C14H16FNOS/c1-9(2)14-16-12(8-18-14)7-17-13-6-11(15)5-4-10(13)3/h4-6,8-9H,7H2,1-3H3. The molecule has 2 nitrogen and oxygen atoms in total. The Hall–Kier alpha value is -1.42. The van der Waals surface area contributed by atoms with E-state index >= 15 is 0 Å². The first-order valence-electron chi connectivity index (χ1n) is 5.89. The maximum atomic E-state index is 13.1. The minimum absolute atomic E-state index is 0.281. The summed E-state index contributed by atoms with van der Waals surface area (Å²) in [5, 5.41) is 3.09. The Morgan fingerprint density at radius 1 is 1.39 bits per heavy atom. The van der Waals surface area contributed by atoms with Crippen molar-refractivity contribution in [2.24, 2.45) is 0 Å². The first-order valence-corrected chi connectivity index (χ1v) is 6.77. The zero-order chi connectivity index (χ0) is 13.1. The van der Waals surface area contributed by atoms with Crippen molar-refractivity contribution in [1.29, 1.82) is 0 Å². The molecule has 1 heterocycles. The molecule has 0 aliphatic carbocycles. The van der Waals surface area contributed by atoms with Gasteiger partial charge in [-0.05, 0) is 18.6 Å². The third-order valence-electron chi connectivity index (χ3n) is 2.59. The van der Waals surface area contributed by atoms with Gasteiger partial charge in [-0.15, -0.1) is 11.3 Å². The normalized spacial score (nSPS) is 10.9. The third-order valence-corrected chi connectivity index (χ3v) is 3.78. The van der Waals surface area contributed by atoms with Crippen LogP contribution in [0.4, 0.5) is 4.39 Å². The quantitative estimate of drug-likeness (QED) is 0.822. The molecule has 0 saturated carbocycles. The minimum Gasteiger partial charge on any atom is -0.487 e. The first-order chi connectivity index (χ1) is 8.56. The summed E-state index contributed by atoms with van der Waals surface area (Å²) in [4.78, 5) is 4.48. The SMILES string of the molecule is Cc1ccc(F)cc1OCc1csc(C(C)C)n1. The molecule has 0 atom stereocenters. The fourth-order valence-corrected chi connectivity index (χ4v) is 2.35. The number of halogens is 1. The van der Waals surface area contributed by atoms with Crippen LogP contribution in [0.15, 0.2) is 23.6 Å². The van der Waals surface area contributed by atoms with Gasteiger partial charge >= 0.3 is 0 Å². The molecule has 18 heavy (non-hydrogen) atoms. The molecule has 0 amide bonds. The Morgan fingerprint density at radius 3 is 2.83 bits per heavy atom. The third kappa shape index (κ3) is 3.07. The zero-order valence-corrected chi connectivity index (χ0v) is 11.6. The molecule has 2 rings (SSSR count). The number of hydrogen-bond acceptors (Lipinski definition) is 3. The Kier molecular flexibility index (Phi) is 3.97. The molecular weight excluding hydrogens is 249 g/mol. The molecule has 0 N–H and O–H groups in total. The van der Waals surface area contributed by atoms with Crippen LogP contribution in [0, 0.1) is 12.7 Å². The molecule has 0 saturated heterocycles. The molecule has 0 spiro atoms. The van der Waals surface area contributed by atoms with Gasteiger partial charge in [-0.25, -0.2) is 9.37 Å². The summed E-state index contributed by atoms with van der Waals surface area (Å²) in [6, 6.07) is 4.55. The van der Waals surface area contributed by atoms with Crippen LogP contribution in [-0.4, -0.2) is 4.98 Å². The van der Waals surface area contributed by atoms with Gasteiger partial charge in [0.2, 0.25) is 0 Å². The van der Waals surface area contributed by atoms with Crippen molar-refractivity contribution < 1.29 is 9.13 Å². The number of aryl methyl sites for hydroxylation is 1. The van der Waals surface area contributed by atoms with Crippen molar-refractivity contribution in [3.8, 4) is 5.75 Å². The van der Waals surface area contributed by atoms with Crippen molar-refractivity contribution in [2.45, 2.75) is 33.3 Å².